The van der Waals surface area contributed by atoms with Crippen molar-refractivity contribution in [3.05, 3.63) is 0 Å². The fourth-order valence-electron chi connectivity index (χ4n) is 1.18. The van der Waals surface area contributed by atoms with Gasteiger partial charge in [-0.1, -0.05) is 12.8 Å². The average Bonchev–Trinajstić information content (AvgIpc) is 1.90. The molecule has 0 bridgehead atoms. The highest BCUT2D eigenvalue weighted by molar-refractivity contribution is 7.77. The van der Waals surface area contributed by atoms with E-state index in [9.17, 15) is 0 Å². The Labute approximate surface area is 62.2 Å². The standard InChI is InChI=1S/C6H14N2S/c1-8(9)6-2-4-7-5-3-6/h6-7,9H,2-5H2,1H3. The molecule has 0 amide bonds. The minimum Gasteiger partial charge on any atom is -0.317 e. The van der Waals surface area contributed by atoms with Gasteiger partial charge in [-0.3, -0.25) is 4.31 Å². The van der Waals surface area contributed by atoms with Crippen LogP contribution in [0, 0.1) is 0 Å². The summed E-state index contributed by atoms with van der Waals surface area (Å²) < 4.78 is 2.01. The van der Waals surface area contributed by atoms with Crippen molar-refractivity contribution in [1.29, 1.82) is 0 Å². The quantitative estimate of drug-likeness (QED) is 0.524. The molecule has 1 aliphatic heterocycles. The zero-order valence-corrected chi connectivity index (χ0v) is 6.69. The Kier molecular flexibility index (Phi) is 2.82. The smallest absolute Gasteiger partial charge is 0.0221 e. The molecule has 0 aromatic rings. The number of thiol groups is 1. The molecule has 54 valence electrons. The first-order valence-electron chi connectivity index (χ1n) is 3.43. The van der Waals surface area contributed by atoms with E-state index in [2.05, 4.69) is 18.1 Å². The Hall–Kier alpha value is 0.270. The van der Waals surface area contributed by atoms with Gasteiger partial charge in [-0.15, -0.1) is 0 Å². The lowest BCUT2D eigenvalue weighted by atomic mass is 10.1. The maximum Gasteiger partial charge on any atom is 0.0221 e. The van der Waals surface area contributed by atoms with Crippen molar-refractivity contribution >= 4 is 12.8 Å². The van der Waals surface area contributed by atoms with Gasteiger partial charge in [-0.05, 0) is 33.0 Å². The summed E-state index contributed by atoms with van der Waals surface area (Å²) in [5.74, 6) is 0. The second kappa shape index (κ2) is 3.44. The lowest BCUT2D eigenvalue weighted by Crippen LogP contribution is -2.37. The van der Waals surface area contributed by atoms with E-state index in [-0.39, 0.29) is 0 Å². The molecule has 0 spiro atoms. The van der Waals surface area contributed by atoms with Crippen molar-refractivity contribution in [3.63, 3.8) is 0 Å². The predicted octanol–water partition coefficient (Wildman–Crippen LogP) is 0.515. The van der Waals surface area contributed by atoms with Gasteiger partial charge in [0.1, 0.15) is 0 Å². The zero-order chi connectivity index (χ0) is 6.69. The molecule has 2 nitrogen and oxygen atoms in total. The van der Waals surface area contributed by atoms with Gasteiger partial charge in [0.15, 0.2) is 0 Å². The molecule has 0 aromatic carbocycles. The molecule has 0 saturated carbocycles. The maximum absolute atomic E-state index is 4.25. The van der Waals surface area contributed by atoms with E-state index in [0.29, 0.717) is 6.04 Å². The Morgan fingerprint density at radius 1 is 1.44 bits per heavy atom. The van der Waals surface area contributed by atoms with E-state index < -0.39 is 0 Å². The SMILES string of the molecule is CN(S)C1CCNCC1. The first-order valence-corrected chi connectivity index (χ1v) is 3.83. The molecule has 1 rings (SSSR count). The van der Waals surface area contributed by atoms with Crippen LogP contribution in [0.5, 0.6) is 0 Å². The van der Waals surface area contributed by atoms with Crippen molar-refractivity contribution in [2.24, 2.45) is 0 Å². The molecule has 9 heavy (non-hydrogen) atoms. The van der Waals surface area contributed by atoms with Crippen molar-refractivity contribution in [2.45, 2.75) is 18.9 Å². The van der Waals surface area contributed by atoms with Crippen molar-refractivity contribution in [3.8, 4) is 0 Å². The number of nitrogens with zero attached hydrogens (tertiary/aromatic N) is 1. The third kappa shape index (κ3) is 2.16. The zero-order valence-electron chi connectivity index (χ0n) is 5.80. The molecule has 0 radical (unpaired) electrons. The molecule has 1 N–H and O–H groups in total. The fraction of sp³-hybridized carbons (Fsp3) is 1.00. The molecule has 0 aliphatic carbocycles. The summed E-state index contributed by atoms with van der Waals surface area (Å²) in [4.78, 5) is 0. The number of piperidine rings is 1. The van der Waals surface area contributed by atoms with Gasteiger partial charge in [-0.2, -0.15) is 0 Å². The van der Waals surface area contributed by atoms with Gasteiger partial charge in [0.25, 0.3) is 0 Å². The number of hydrogen-bond donors (Lipinski definition) is 2. The Morgan fingerprint density at radius 2 is 2.00 bits per heavy atom. The van der Waals surface area contributed by atoms with Crippen LogP contribution in [0.2, 0.25) is 0 Å². The van der Waals surface area contributed by atoms with Crippen LogP contribution in [0.3, 0.4) is 0 Å². The summed E-state index contributed by atoms with van der Waals surface area (Å²) in [5.41, 5.74) is 0. The summed E-state index contributed by atoms with van der Waals surface area (Å²) >= 11 is 4.25. The van der Waals surface area contributed by atoms with Crippen LogP contribution in [0.1, 0.15) is 12.8 Å². The molecule has 1 saturated heterocycles. The first kappa shape index (κ1) is 7.38. The Balaban J connectivity index is 2.23. The van der Waals surface area contributed by atoms with Gasteiger partial charge in [0.05, 0.1) is 0 Å². The van der Waals surface area contributed by atoms with E-state index >= 15 is 0 Å². The van der Waals surface area contributed by atoms with Crippen LogP contribution in [0.4, 0.5) is 0 Å². The minimum absolute atomic E-state index is 0.689. The van der Waals surface area contributed by atoms with Crippen molar-refractivity contribution in [2.75, 3.05) is 20.1 Å². The summed E-state index contributed by atoms with van der Waals surface area (Å²) in [7, 11) is 2.03. The van der Waals surface area contributed by atoms with Crippen LogP contribution < -0.4 is 5.32 Å². The lowest BCUT2D eigenvalue weighted by molar-refractivity contribution is 0.320. The lowest BCUT2D eigenvalue weighted by Gasteiger charge is -2.27. The third-order valence-corrected chi connectivity index (χ3v) is 2.16. The van der Waals surface area contributed by atoms with Crippen LogP contribution in [-0.4, -0.2) is 30.5 Å². The van der Waals surface area contributed by atoms with E-state index in [0.717, 1.165) is 13.1 Å². The van der Waals surface area contributed by atoms with Crippen LogP contribution in [-0.2, 0) is 0 Å². The molecule has 1 fully saturated rings. The second-order valence-electron chi connectivity index (χ2n) is 2.55. The van der Waals surface area contributed by atoms with E-state index in [1.54, 1.807) is 0 Å². The normalized spacial score (nSPS) is 23.0. The summed E-state index contributed by atoms with van der Waals surface area (Å²) in [6.07, 6.45) is 2.47. The molecule has 0 unspecified atom stereocenters. The highest BCUT2D eigenvalue weighted by Gasteiger charge is 2.14. The number of nitrogens with one attached hydrogen (secondary N) is 1. The van der Waals surface area contributed by atoms with Crippen molar-refractivity contribution < 1.29 is 0 Å². The van der Waals surface area contributed by atoms with Gasteiger partial charge in [0, 0.05) is 6.04 Å². The summed E-state index contributed by atoms with van der Waals surface area (Å²) in [5, 5.41) is 3.31. The van der Waals surface area contributed by atoms with Gasteiger partial charge in [-0.25, -0.2) is 0 Å². The molecule has 0 aromatic heterocycles. The largest absolute Gasteiger partial charge is 0.317 e. The summed E-state index contributed by atoms with van der Waals surface area (Å²) in [6.45, 7) is 2.30. The minimum atomic E-state index is 0.689. The summed E-state index contributed by atoms with van der Waals surface area (Å²) in [6, 6.07) is 0.689. The van der Waals surface area contributed by atoms with E-state index in [1.165, 1.54) is 12.8 Å². The maximum atomic E-state index is 4.25. The molecule has 0 atom stereocenters. The predicted molar refractivity (Wildman–Crippen MR) is 42.6 cm³/mol. The van der Waals surface area contributed by atoms with Gasteiger partial charge in [0.2, 0.25) is 0 Å². The van der Waals surface area contributed by atoms with E-state index in [4.69, 9.17) is 0 Å². The topological polar surface area (TPSA) is 15.3 Å². The van der Waals surface area contributed by atoms with E-state index in [1.807, 2.05) is 11.4 Å². The number of hydrogen-bond acceptors (Lipinski definition) is 3. The van der Waals surface area contributed by atoms with Gasteiger partial charge >= 0.3 is 0 Å². The van der Waals surface area contributed by atoms with Crippen LogP contribution in [0.25, 0.3) is 0 Å². The molecular formula is C6H14N2S. The molecule has 1 aliphatic rings. The second-order valence-corrected chi connectivity index (χ2v) is 3.19. The molecule has 3 heteroatoms. The van der Waals surface area contributed by atoms with Crippen LogP contribution >= 0.6 is 12.8 Å². The average molecular weight is 146 g/mol. The fourth-order valence-corrected chi connectivity index (χ4v) is 1.41. The molecule has 1 heterocycles. The highest BCUT2D eigenvalue weighted by Crippen LogP contribution is 2.10. The van der Waals surface area contributed by atoms with Gasteiger partial charge < -0.3 is 5.32 Å². The monoisotopic (exact) mass is 146 g/mol. The van der Waals surface area contributed by atoms with Crippen molar-refractivity contribution in [1.82, 2.24) is 9.62 Å². The third-order valence-electron chi connectivity index (χ3n) is 1.84. The Bertz CT molecular complexity index is 79.1. The first-order chi connectivity index (χ1) is 4.30. The highest BCUT2D eigenvalue weighted by atomic mass is 32.1. The number of rotatable bonds is 1. The Morgan fingerprint density at radius 3 is 2.33 bits per heavy atom. The molecular weight excluding hydrogens is 132 g/mol. The van der Waals surface area contributed by atoms with Crippen LogP contribution in [0.15, 0.2) is 0 Å².